The van der Waals surface area contributed by atoms with Crippen molar-refractivity contribution in [2.45, 2.75) is 25.4 Å². The number of furan rings is 1. The lowest BCUT2D eigenvalue weighted by molar-refractivity contribution is -0.142. The van der Waals surface area contributed by atoms with Gasteiger partial charge < -0.3 is 15.3 Å². The van der Waals surface area contributed by atoms with Crippen LogP contribution in [0.2, 0.25) is 0 Å². The van der Waals surface area contributed by atoms with Gasteiger partial charge in [0.2, 0.25) is 0 Å². The Labute approximate surface area is 93.8 Å². The Hall–Kier alpha value is -1.33. The third-order valence-electron chi connectivity index (χ3n) is 2.98. The molecular weight excluding hydrogens is 208 g/mol. The highest BCUT2D eigenvalue weighted by molar-refractivity contribution is 5.79. The standard InChI is InChI=1S/C11H16N2O3/c1-8-2-3-9(16-8)6-13-5-4-11(12,7-13)10(14)15/h2-3H,4-7,12H2,1H3,(H,14,15)/t11-/m0/s1. The fraction of sp³-hybridized carbons (Fsp3) is 0.545. The molecule has 1 aromatic rings. The summed E-state index contributed by atoms with van der Waals surface area (Å²) in [5.41, 5.74) is 4.68. The second-order valence-corrected chi connectivity index (χ2v) is 4.43. The first-order valence-corrected chi connectivity index (χ1v) is 5.29. The topological polar surface area (TPSA) is 79.7 Å². The van der Waals surface area contributed by atoms with Crippen molar-refractivity contribution >= 4 is 5.97 Å². The average molecular weight is 224 g/mol. The number of nitrogens with zero attached hydrogens (tertiary/aromatic N) is 1. The molecule has 3 N–H and O–H groups in total. The van der Waals surface area contributed by atoms with Gasteiger partial charge >= 0.3 is 5.97 Å². The molecule has 0 spiro atoms. The molecule has 1 saturated heterocycles. The smallest absolute Gasteiger partial charge is 0.325 e. The van der Waals surface area contributed by atoms with Gasteiger partial charge in [0, 0.05) is 13.1 Å². The van der Waals surface area contributed by atoms with Gasteiger partial charge in [-0.05, 0) is 25.5 Å². The van der Waals surface area contributed by atoms with Crippen LogP contribution < -0.4 is 5.73 Å². The van der Waals surface area contributed by atoms with Crippen LogP contribution in [0, 0.1) is 6.92 Å². The Kier molecular flexibility index (Phi) is 2.73. The maximum absolute atomic E-state index is 11.0. The van der Waals surface area contributed by atoms with Crippen LogP contribution in [0.25, 0.3) is 0 Å². The number of aryl methyl sites for hydroxylation is 1. The highest BCUT2D eigenvalue weighted by Crippen LogP contribution is 2.21. The van der Waals surface area contributed by atoms with E-state index in [-0.39, 0.29) is 0 Å². The molecule has 5 nitrogen and oxygen atoms in total. The summed E-state index contributed by atoms with van der Waals surface area (Å²) >= 11 is 0. The summed E-state index contributed by atoms with van der Waals surface area (Å²) in [5, 5.41) is 8.99. The fourth-order valence-corrected chi connectivity index (χ4v) is 2.01. The molecule has 5 heteroatoms. The maximum Gasteiger partial charge on any atom is 0.325 e. The van der Waals surface area contributed by atoms with Crippen molar-refractivity contribution in [3.63, 3.8) is 0 Å². The van der Waals surface area contributed by atoms with Gasteiger partial charge in [-0.3, -0.25) is 9.69 Å². The predicted molar refractivity (Wildman–Crippen MR) is 57.9 cm³/mol. The van der Waals surface area contributed by atoms with Crippen LogP contribution >= 0.6 is 0 Å². The van der Waals surface area contributed by atoms with Crippen molar-refractivity contribution in [1.82, 2.24) is 4.90 Å². The van der Waals surface area contributed by atoms with E-state index in [4.69, 9.17) is 15.3 Å². The number of rotatable bonds is 3. The third-order valence-corrected chi connectivity index (χ3v) is 2.98. The number of hydrogen-bond donors (Lipinski definition) is 2. The molecule has 0 unspecified atom stereocenters. The van der Waals surface area contributed by atoms with Crippen LogP contribution in [-0.2, 0) is 11.3 Å². The molecule has 0 saturated carbocycles. The van der Waals surface area contributed by atoms with E-state index < -0.39 is 11.5 Å². The van der Waals surface area contributed by atoms with Crippen molar-refractivity contribution in [2.24, 2.45) is 5.73 Å². The van der Waals surface area contributed by atoms with Crippen molar-refractivity contribution in [2.75, 3.05) is 13.1 Å². The Morgan fingerprint density at radius 3 is 2.94 bits per heavy atom. The van der Waals surface area contributed by atoms with Crippen LogP contribution in [0.1, 0.15) is 17.9 Å². The van der Waals surface area contributed by atoms with Gasteiger partial charge in [-0.25, -0.2) is 0 Å². The molecule has 1 aliphatic rings. The second-order valence-electron chi connectivity index (χ2n) is 4.43. The summed E-state index contributed by atoms with van der Waals surface area (Å²) in [6.45, 7) is 3.59. The number of nitrogens with two attached hydrogens (primary N) is 1. The van der Waals surface area contributed by atoms with Gasteiger partial charge in [-0.1, -0.05) is 0 Å². The van der Waals surface area contributed by atoms with Crippen LogP contribution in [0.3, 0.4) is 0 Å². The Morgan fingerprint density at radius 2 is 2.44 bits per heavy atom. The van der Waals surface area contributed by atoms with E-state index in [1.807, 2.05) is 24.0 Å². The number of carbonyl (C=O) groups is 1. The second kappa shape index (κ2) is 3.92. The van der Waals surface area contributed by atoms with Crippen molar-refractivity contribution in [1.29, 1.82) is 0 Å². The molecule has 16 heavy (non-hydrogen) atoms. The average Bonchev–Trinajstić information content (AvgIpc) is 2.75. The van der Waals surface area contributed by atoms with E-state index in [1.54, 1.807) is 0 Å². The summed E-state index contributed by atoms with van der Waals surface area (Å²) < 4.78 is 5.44. The van der Waals surface area contributed by atoms with Crippen molar-refractivity contribution in [3.05, 3.63) is 23.7 Å². The van der Waals surface area contributed by atoms with Gasteiger partial charge in [0.15, 0.2) is 0 Å². The van der Waals surface area contributed by atoms with Crippen LogP contribution in [0.5, 0.6) is 0 Å². The first-order valence-electron chi connectivity index (χ1n) is 5.29. The number of carboxylic acid groups (broad SMARTS) is 1. The summed E-state index contributed by atoms with van der Waals surface area (Å²) in [7, 11) is 0. The van der Waals surface area contributed by atoms with Gasteiger partial charge in [0.05, 0.1) is 6.54 Å². The first kappa shape index (κ1) is 11.2. The van der Waals surface area contributed by atoms with Gasteiger partial charge in [-0.2, -0.15) is 0 Å². The molecule has 88 valence electrons. The molecule has 0 aliphatic carbocycles. The van der Waals surface area contributed by atoms with Crippen LogP contribution in [0.15, 0.2) is 16.5 Å². The quantitative estimate of drug-likeness (QED) is 0.785. The predicted octanol–water partition coefficient (Wildman–Crippen LogP) is 0.576. The third kappa shape index (κ3) is 2.10. The normalized spacial score (nSPS) is 26.1. The molecule has 2 heterocycles. The molecule has 0 bridgehead atoms. The van der Waals surface area contributed by atoms with E-state index in [2.05, 4.69) is 0 Å². The van der Waals surface area contributed by atoms with E-state index in [0.29, 0.717) is 26.1 Å². The Morgan fingerprint density at radius 1 is 1.69 bits per heavy atom. The lowest BCUT2D eigenvalue weighted by Crippen LogP contribution is -2.49. The van der Waals surface area contributed by atoms with Crippen LogP contribution in [0.4, 0.5) is 0 Å². The van der Waals surface area contributed by atoms with Gasteiger partial charge in [-0.15, -0.1) is 0 Å². The highest BCUT2D eigenvalue weighted by Gasteiger charge is 2.41. The molecule has 1 aliphatic heterocycles. The lowest BCUT2D eigenvalue weighted by atomic mass is 10.0. The fourth-order valence-electron chi connectivity index (χ4n) is 2.01. The molecule has 1 fully saturated rings. The molecule has 0 aromatic carbocycles. The summed E-state index contributed by atoms with van der Waals surface area (Å²) in [6, 6.07) is 3.81. The summed E-state index contributed by atoms with van der Waals surface area (Å²) in [5.74, 6) is 0.796. The molecule has 1 atom stereocenters. The molecule has 0 amide bonds. The SMILES string of the molecule is Cc1ccc(CN2CC[C@@](N)(C(=O)O)C2)o1. The minimum absolute atomic E-state index is 0.377. The molecule has 1 aromatic heterocycles. The van der Waals surface area contributed by atoms with E-state index in [0.717, 1.165) is 11.5 Å². The van der Waals surface area contributed by atoms with E-state index >= 15 is 0 Å². The molecular formula is C11H16N2O3. The van der Waals surface area contributed by atoms with Gasteiger partial charge in [0.25, 0.3) is 0 Å². The number of carboxylic acids is 1. The largest absolute Gasteiger partial charge is 0.480 e. The van der Waals surface area contributed by atoms with Crippen molar-refractivity contribution in [3.8, 4) is 0 Å². The number of aliphatic carboxylic acids is 1. The highest BCUT2D eigenvalue weighted by atomic mass is 16.4. The van der Waals surface area contributed by atoms with Gasteiger partial charge in [0.1, 0.15) is 17.1 Å². The Balaban J connectivity index is 1.97. The zero-order chi connectivity index (χ0) is 11.8. The lowest BCUT2D eigenvalue weighted by Gasteiger charge is -2.19. The minimum atomic E-state index is -1.10. The minimum Gasteiger partial charge on any atom is -0.480 e. The van der Waals surface area contributed by atoms with Crippen molar-refractivity contribution < 1.29 is 14.3 Å². The monoisotopic (exact) mass is 224 g/mol. The molecule has 0 radical (unpaired) electrons. The van der Waals surface area contributed by atoms with Crippen LogP contribution in [-0.4, -0.2) is 34.6 Å². The Bertz CT molecular complexity index is 402. The zero-order valence-corrected chi connectivity index (χ0v) is 9.27. The summed E-state index contributed by atoms with van der Waals surface area (Å²) in [6.07, 6.45) is 0.488. The first-order chi connectivity index (χ1) is 7.49. The summed E-state index contributed by atoms with van der Waals surface area (Å²) in [4.78, 5) is 13.0. The zero-order valence-electron chi connectivity index (χ0n) is 9.27. The maximum atomic E-state index is 11.0. The molecule has 2 rings (SSSR count). The number of likely N-dealkylation sites (tertiary alicyclic amines) is 1. The van der Waals surface area contributed by atoms with E-state index in [9.17, 15) is 4.79 Å². The number of hydrogen-bond acceptors (Lipinski definition) is 4. The van der Waals surface area contributed by atoms with E-state index in [1.165, 1.54) is 0 Å².